The molecule has 1 amide bonds. The Hall–Kier alpha value is -2.69. The largest absolute Gasteiger partial charge is 0.504 e. The number of hydrogen-bond acceptors (Lipinski definition) is 4. The minimum absolute atomic E-state index is 0.0269. The van der Waals surface area contributed by atoms with Crippen LogP contribution in [0.25, 0.3) is 0 Å². The highest BCUT2D eigenvalue weighted by Crippen LogP contribution is 2.28. The van der Waals surface area contributed by atoms with Crippen molar-refractivity contribution in [1.82, 2.24) is 0 Å². The summed E-state index contributed by atoms with van der Waals surface area (Å²) in [6.07, 6.45) is 3.62. The van der Waals surface area contributed by atoms with Crippen molar-refractivity contribution in [3.05, 3.63) is 48.5 Å². The number of phenolic OH excluding ortho intramolecular Hbond substituents is 1. The quantitative estimate of drug-likeness (QED) is 0.884. The lowest BCUT2D eigenvalue weighted by atomic mass is 10.1. The van der Waals surface area contributed by atoms with Gasteiger partial charge in [-0.1, -0.05) is 24.3 Å². The van der Waals surface area contributed by atoms with Crippen LogP contribution in [0.3, 0.4) is 0 Å². The zero-order valence-corrected chi connectivity index (χ0v) is 13.6. The van der Waals surface area contributed by atoms with Crippen molar-refractivity contribution in [3.63, 3.8) is 0 Å². The summed E-state index contributed by atoms with van der Waals surface area (Å²) in [6.45, 7) is 1.88. The van der Waals surface area contributed by atoms with Crippen LogP contribution in [-0.4, -0.2) is 30.7 Å². The number of anilines is 2. The molecule has 0 aromatic heterocycles. The first kappa shape index (κ1) is 16.2. The van der Waals surface area contributed by atoms with Crippen molar-refractivity contribution < 1.29 is 14.6 Å². The Morgan fingerprint density at radius 3 is 2.54 bits per heavy atom. The maximum absolute atomic E-state index is 12.2. The smallest absolute Gasteiger partial charge is 0.262 e. The molecule has 5 heteroatoms. The normalized spacial score (nSPS) is 14.2. The van der Waals surface area contributed by atoms with Gasteiger partial charge in [-0.05, 0) is 43.5 Å². The molecule has 2 aromatic rings. The lowest BCUT2D eigenvalue weighted by Gasteiger charge is -2.30. The molecule has 3 rings (SSSR count). The van der Waals surface area contributed by atoms with Gasteiger partial charge in [-0.25, -0.2) is 0 Å². The van der Waals surface area contributed by atoms with Gasteiger partial charge < -0.3 is 20.1 Å². The molecule has 0 bridgehead atoms. The highest BCUT2D eigenvalue weighted by molar-refractivity contribution is 5.95. The van der Waals surface area contributed by atoms with Gasteiger partial charge in [0.2, 0.25) is 0 Å². The van der Waals surface area contributed by atoms with E-state index in [1.807, 2.05) is 24.3 Å². The fourth-order valence-electron chi connectivity index (χ4n) is 2.90. The maximum Gasteiger partial charge on any atom is 0.262 e. The van der Waals surface area contributed by atoms with Crippen molar-refractivity contribution in [3.8, 4) is 11.5 Å². The minimum Gasteiger partial charge on any atom is -0.504 e. The number of amides is 1. The standard InChI is InChI=1S/C19H22N2O3/c22-17-10-4-5-11-18(17)24-14-19(23)20-15-8-2-3-9-16(15)21-12-6-1-7-13-21/h2-5,8-11,22H,1,6-7,12-14H2,(H,20,23). The number of rotatable bonds is 5. The molecular weight excluding hydrogens is 304 g/mol. The van der Waals surface area contributed by atoms with Crippen LogP contribution in [0.2, 0.25) is 0 Å². The molecule has 2 N–H and O–H groups in total. The molecule has 1 heterocycles. The van der Waals surface area contributed by atoms with Crippen molar-refractivity contribution in [2.75, 3.05) is 29.9 Å². The van der Waals surface area contributed by atoms with Crippen molar-refractivity contribution in [2.45, 2.75) is 19.3 Å². The molecule has 0 saturated carbocycles. The number of ether oxygens (including phenoxy) is 1. The number of benzene rings is 2. The van der Waals surface area contributed by atoms with Crippen LogP contribution in [0.4, 0.5) is 11.4 Å². The number of para-hydroxylation sites is 4. The number of carbonyl (C=O) groups is 1. The second-order valence-electron chi connectivity index (χ2n) is 5.87. The van der Waals surface area contributed by atoms with E-state index in [4.69, 9.17) is 4.74 Å². The number of nitrogens with one attached hydrogen (secondary N) is 1. The zero-order valence-electron chi connectivity index (χ0n) is 13.6. The Labute approximate surface area is 141 Å². The summed E-state index contributed by atoms with van der Waals surface area (Å²) in [4.78, 5) is 14.5. The minimum atomic E-state index is -0.247. The maximum atomic E-state index is 12.2. The van der Waals surface area contributed by atoms with E-state index in [2.05, 4.69) is 10.2 Å². The lowest BCUT2D eigenvalue weighted by Crippen LogP contribution is -2.30. The molecular formula is C19H22N2O3. The van der Waals surface area contributed by atoms with Crippen LogP contribution in [0.1, 0.15) is 19.3 Å². The van der Waals surface area contributed by atoms with Crippen LogP contribution < -0.4 is 15.0 Å². The molecule has 24 heavy (non-hydrogen) atoms. The van der Waals surface area contributed by atoms with E-state index in [0.29, 0.717) is 5.75 Å². The molecule has 126 valence electrons. The molecule has 1 aliphatic rings. The van der Waals surface area contributed by atoms with Gasteiger partial charge >= 0.3 is 0 Å². The van der Waals surface area contributed by atoms with Crippen molar-refractivity contribution >= 4 is 17.3 Å². The van der Waals surface area contributed by atoms with Gasteiger partial charge in [0.15, 0.2) is 18.1 Å². The fourth-order valence-corrected chi connectivity index (χ4v) is 2.90. The highest BCUT2D eigenvalue weighted by Gasteiger charge is 2.15. The topological polar surface area (TPSA) is 61.8 Å². The van der Waals surface area contributed by atoms with Crippen LogP contribution in [0.5, 0.6) is 11.5 Å². The third kappa shape index (κ3) is 3.98. The highest BCUT2D eigenvalue weighted by atomic mass is 16.5. The Kier molecular flexibility index (Phi) is 5.21. The molecule has 2 aromatic carbocycles. The third-order valence-electron chi connectivity index (χ3n) is 4.10. The first-order chi connectivity index (χ1) is 11.7. The van der Waals surface area contributed by atoms with E-state index >= 15 is 0 Å². The van der Waals surface area contributed by atoms with Gasteiger partial charge in [-0.2, -0.15) is 0 Å². The molecule has 5 nitrogen and oxygen atoms in total. The second kappa shape index (κ2) is 7.73. The summed E-state index contributed by atoms with van der Waals surface area (Å²) in [5.41, 5.74) is 1.85. The first-order valence-corrected chi connectivity index (χ1v) is 8.28. The Bertz CT molecular complexity index is 697. The molecule has 0 unspecified atom stereocenters. The molecule has 0 radical (unpaired) electrons. The average molecular weight is 326 g/mol. The summed E-state index contributed by atoms with van der Waals surface area (Å²) in [5, 5.41) is 12.6. The number of hydrogen-bond donors (Lipinski definition) is 2. The van der Waals surface area contributed by atoms with Crippen LogP contribution in [0, 0.1) is 0 Å². The summed E-state index contributed by atoms with van der Waals surface area (Å²) in [7, 11) is 0. The Morgan fingerprint density at radius 1 is 1.04 bits per heavy atom. The van der Waals surface area contributed by atoms with E-state index < -0.39 is 0 Å². The summed E-state index contributed by atoms with van der Waals surface area (Å²) in [6, 6.07) is 14.4. The van der Waals surface area contributed by atoms with Gasteiger partial charge in [0.05, 0.1) is 11.4 Å². The molecule has 0 spiro atoms. The average Bonchev–Trinajstić information content (AvgIpc) is 2.62. The van der Waals surface area contributed by atoms with Gasteiger partial charge in [0.25, 0.3) is 5.91 Å². The van der Waals surface area contributed by atoms with E-state index in [1.54, 1.807) is 18.2 Å². The number of nitrogens with zero attached hydrogens (tertiary/aromatic N) is 1. The van der Waals surface area contributed by atoms with Crippen LogP contribution >= 0.6 is 0 Å². The van der Waals surface area contributed by atoms with E-state index in [-0.39, 0.29) is 18.3 Å². The number of piperidine rings is 1. The lowest BCUT2D eigenvalue weighted by molar-refractivity contribution is -0.118. The number of carbonyl (C=O) groups excluding carboxylic acids is 1. The van der Waals surface area contributed by atoms with Gasteiger partial charge in [-0.3, -0.25) is 4.79 Å². The van der Waals surface area contributed by atoms with E-state index in [0.717, 1.165) is 24.5 Å². The van der Waals surface area contributed by atoms with Crippen LogP contribution in [0.15, 0.2) is 48.5 Å². The Balaban J connectivity index is 1.63. The van der Waals surface area contributed by atoms with E-state index in [9.17, 15) is 9.90 Å². The Morgan fingerprint density at radius 2 is 1.75 bits per heavy atom. The number of phenols is 1. The molecule has 1 saturated heterocycles. The predicted octanol–water partition coefficient (Wildman–Crippen LogP) is 3.40. The summed E-state index contributed by atoms with van der Waals surface area (Å²) < 4.78 is 5.38. The fraction of sp³-hybridized carbons (Fsp3) is 0.316. The molecule has 1 aliphatic heterocycles. The first-order valence-electron chi connectivity index (χ1n) is 8.28. The van der Waals surface area contributed by atoms with E-state index in [1.165, 1.54) is 25.3 Å². The molecule has 1 fully saturated rings. The third-order valence-corrected chi connectivity index (χ3v) is 4.10. The van der Waals surface area contributed by atoms with Gasteiger partial charge in [0.1, 0.15) is 0 Å². The monoisotopic (exact) mass is 326 g/mol. The van der Waals surface area contributed by atoms with Gasteiger partial charge in [0, 0.05) is 13.1 Å². The SMILES string of the molecule is O=C(COc1ccccc1O)Nc1ccccc1N1CCCCC1. The number of aromatic hydroxyl groups is 1. The predicted molar refractivity (Wildman–Crippen MR) is 94.7 cm³/mol. The van der Waals surface area contributed by atoms with Crippen LogP contribution in [-0.2, 0) is 4.79 Å². The van der Waals surface area contributed by atoms with Crippen molar-refractivity contribution in [2.24, 2.45) is 0 Å². The molecule has 0 aliphatic carbocycles. The van der Waals surface area contributed by atoms with Gasteiger partial charge in [-0.15, -0.1) is 0 Å². The summed E-state index contributed by atoms with van der Waals surface area (Å²) in [5.74, 6) is 0.0821. The summed E-state index contributed by atoms with van der Waals surface area (Å²) >= 11 is 0. The zero-order chi connectivity index (χ0) is 16.8. The molecule has 0 atom stereocenters. The second-order valence-corrected chi connectivity index (χ2v) is 5.87. The van der Waals surface area contributed by atoms with Crippen molar-refractivity contribution in [1.29, 1.82) is 0 Å².